The molecule has 10 nitrogen and oxygen atoms in total. The first-order valence-corrected chi connectivity index (χ1v) is 12.4. The minimum absolute atomic E-state index is 0.00152. The van der Waals surface area contributed by atoms with Gasteiger partial charge in [0.2, 0.25) is 11.8 Å². The van der Waals surface area contributed by atoms with E-state index in [1.807, 2.05) is 10.6 Å². The number of benzene rings is 1. The predicted molar refractivity (Wildman–Crippen MR) is 135 cm³/mol. The summed E-state index contributed by atoms with van der Waals surface area (Å²) in [6.45, 7) is 2.02. The van der Waals surface area contributed by atoms with Gasteiger partial charge in [-0.05, 0) is 42.2 Å². The highest BCUT2D eigenvalue weighted by Gasteiger charge is 2.57. The lowest BCUT2D eigenvalue weighted by atomic mass is 9.75. The first kappa shape index (κ1) is 25.0. The molecule has 10 heteroatoms. The molecule has 2 aromatic rings. The molecule has 0 unspecified atom stereocenters. The van der Waals surface area contributed by atoms with E-state index in [9.17, 15) is 19.2 Å². The third kappa shape index (κ3) is 4.09. The number of imide groups is 2. The Kier molecular flexibility index (Phi) is 6.31. The molecule has 2 bridgehead atoms. The van der Waals surface area contributed by atoms with E-state index in [2.05, 4.69) is 4.90 Å². The monoisotopic (exact) mass is 508 g/mol. The van der Waals surface area contributed by atoms with Crippen molar-refractivity contribution in [2.45, 2.75) is 25.3 Å². The Bertz CT molecular complexity index is 1300. The van der Waals surface area contributed by atoms with Gasteiger partial charge in [-0.25, -0.2) is 4.79 Å². The van der Waals surface area contributed by atoms with Crippen molar-refractivity contribution in [1.29, 1.82) is 0 Å². The average Bonchev–Trinajstić information content (AvgIpc) is 2.90. The SMILES string of the molecule is COc1ccc(OC)c(CC2(CN3C[C@H]4C[C@@H](C3)c3cccc(=O)n3C4)C(=O)N(C)C(=O)N(C)C2=O)c1. The fourth-order valence-electron chi connectivity index (χ4n) is 6.33. The van der Waals surface area contributed by atoms with Crippen LogP contribution in [0.1, 0.15) is 23.6 Å². The van der Waals surface area contributed by atoms with E-state index in [-0.39, 0.29) is 30.4 Å². The molecule has 1 aromatic heterocycles. The van der Waals surface area contributed by atoms with Gasteiger partial charge < -0.3 is 18.9 Å². The van der Waals surface area contributed by atoms with E-state index < -0.39 is 23.3 Å². The molecule has 0 spiro atoms. The van der Waals surface area contributed by atoms with Crippen LogP contribution in [0.15, 0.2) is 41.2 Å². The number of piperidine rings is 1. The number of urea groups is 1. The Hall–Kier alpha value is -3.66. The summed E-state index contributed by atoms with van der Waals surface area (Å²) in [5.74, 6) is 0.396. The van der Waals surface area contributed by atoms with E-state index in [0.29, 0.717) is 36.7 Å². The molecule has 0 N–H and O–H groups in total. The topological polar surface area (TPSA) is 101 Å². The summed E-state index contributed by atoms with van der Waals surface area (Å²) in [6.07, 6.45) is 1.01. The van der Waals surface area contributed by atoms with Gasteiger partial charge in [0.05, 0.1) is 14.2 Å². The second-order valence-electron chi connectivity index (χ2n) is 10.3. The van der Waals surface area contributed by atoms with Gasteiger partial charge in [0.15, 0.2) is 0 Å². The van der Waals surface area contributed by atoms with Crippen molar-refractivity contribution in [3.05, 3.63) is 58.0 Å². The zero-order valence-electron chi connectivity index (χ0n) is 21.6. The second-order valence-corrected chi connectivity index (χ2v) is 10.3. The minimum atomic E-state index is -1.53. The number of ether oxygens (including phenoxy) is 2. The number of hydrogen-bond acceptors (Lipinski definition) is 7. The van der Waals surface area contributed by atoms with Gasteiger partial charge in [0.1, 0.15) is 16.9 Å². The van der Waals surface area contributed by atoms with Crippen molar-refractivity contribution in [1.82, 2.24) is 19.3 Å². The first-order valence-electron chi connectivity index (χ1n) is 12.4. The first-order chi connectivity index (χ1) is 17.7. The summed E-state index contributed by atoms with van der Waals surface area (Å²) in [5.41, 5.74) is 0.108. The zero-order chi connectivity index (χ0) is 26.5. The Balaban J connectivity index is 1.54. The zero-order valence-corrected chi connectivity index (χ0v) is 21.6. The van der Waals surface area contributed by atoms with E-state index >= 15 is 0 Å². The molecule has 2 saturated heterocycles. The number of carbonyl (C=O) groups excluding carboxylic acids is 3. The standard InChI is InChI=1S/C27H32N4O6/c1-28-24(33)27(25(34)29(2)26(28)35,12-18-11-20(36-3)8-9-22(18)37-4)16-30-13-17-10-19(15-30)21-6-5-7-23(32)31(21)14-17/h5-9,11,17,19H,10,12-16H2,1-4H3/t17-,19+/m1/s1. The normalized spacial score (nSPS) is 23.2. The quantitative estimate of drug-likeness (QED) is 0.546. The highest BCUT2D eigenvalue weighted by atomic mass is 16.5. The smallest absolute Gasteiger partial charge is 0.332 e. The van der Waals surface area contributed by atoms with Crippen LogP contribution in [0.25, 0.3) is 0 Å². The van der Waals surface area contributed by atoms with Crippen LogP contribution < -0.4 is 15.0 Å². The molecule has 5 rings (SSSR count). The van der Waals surface area contributed by atoms with Gasteiger partial charge in [0.25, 0.3) is 5.56 Å². The molecule has 0 radical (unpaired) electrons. The maximum atomic E-state index is 13.8. The third-order valence-electron chi connectivity index (χ3n) is 8.03. The number of carbonyl (C=O) groups is 3. The lowest BCUT2D eigenvalue weighted by molar-refractivity contribution is -0.159. The van der Waals surface area contributed by atoms with Crippen LogP contribution in [0.2, 0.25) is 0 Å². The molecule has 196 valence electrons. The average molecular weight is 509 g/mol. The number of aromatic nitrogens is 1. The second kappa shape index (κ2) is 9.33. The molecule has 37 heavy (non-hydrogen) atoms. The molecule has 3 aliphatic rings. The van der Waals surface area contributed by atoms with Gasteiger partial charge >= 0.3 is 6.03 Å². The number of methoxy groups -OCH3 is 2. The summed E-state index contributed by atoms with van der Waals surface area (Å²) >= 11 is 0. The Morgan fingerprint density at radius 2 is 1.65 bits per heavy atom. The molecule has 0 aliphatic carbocycles. The molecule has 1 aromatic carbocycles. The summed E-state index contributed by atoms with van der Waals surface area (Å²) in [7, 11) is 5.92. The number of barbiturate groups is 1. The highest BCUT2D eigenvalue weighted by molar-refractivity contribution is 6.19. The highest BCUT2D eigenvalue weighted by Crippen LogP contribution is 2.40. The van der Waals surface area contributed by atoms with Crippen molar-refractivity contribution in [2.24, 2.45) is 11.3 Å². The van der Waals surface area contributed by atoms with Crippen LogP contribution in [0.3, 0.4) is 0 Å². The minimum Gasteiger partial charge on any atom is -0.497 e. The number of likely N-dealkylation sites (tertiary alicyclic amines) is 1. The molecule has 0 saturated carbocycles. The Morgan fingerprint density at radius 1 is 0.919 bits per heavy atom. The number of amides is 4. The molecular formula is C27H32N4O6. The van der Waals surface area contributed by atoms with Gasteiger partial charge in [-0.15, -0.1) is 0 Å². The third-order valence-corrected chi connectivity index (χ3v) is 8.03. The summed E-state index contributed by atoms with van der Waals surface area (Å²) in [6, 6.07) is 9.98. The van der Waals surface area contributed by atoms with E-state index in [1.54, 1.807) is 37.4 Å². The molecule has 2 atom stereocenters. The van der Waals surface area contributed by atoms with Crippen LogP contribution in [0.4, 0.5) is 4.79 Å². The van der Waals surface area contributed by atoms with Gasteiger partial charge in [-0.3, -0.25) is 24.2 Å². The van der Waals surface area contributed by atoms with Crippen LogP contribution in [-0.4, -0.2) is 85.1 Å². The van der Waals surface area contributed by atoms with Gasteiger partial charge in [-0.1, -0.05) is 6.07 Å². The van der Waals surface area contributed by atoms with Crippen LogP contribution in [0.5, 0.6) is 11.5 Å². The van der Waals surface area contributed by atoms with Crippen LogP contribution in [0, 0.1) is 11.3 Å². The predicted octanol–water partition coefficient (Wildman–Crippen LogP) is 1.56. The van der Waals surface area contributed by atoms with Gasteiger partial charge in [-0.2, -0.15) is 0 Å². The largest absolute Gasteiger partial charge is 0.497 e. The number of pyridine rings is 1. The molecular weight excluding hydrogens is 476 g/mol. The van der Waals surface area contributed by atoms with Crippen molar-refractivity contribution in [2.75, 3.05) is 47.9 Å². The summed E-state index contributed by atoms with van der Waals surface area (Å²) in [5, 5.41) is 0. The van der Waals surface area contributed by atoms with Crippen LogP contribution in [-0.2, 0) is 22.6 Å². The van der Waals surface area contributed by atoms with E-state index in [4.69, 9.17) is 9.47 Å². The molecule has 3 aliphatic heterocycles. The fraction of sp³-hybridized carbons (Fsp3) is 0.481. The number of fused-ring (bicyclic) bond motifs is 4. The Morgan fingerprint density at radius 3 is 2.32 bits per heavy atom. The fourth-order valence-corrected chi connectivity index (χ4v) is 6.33. The van der Waals surface area contributed by atoms with Crippen LogP contribution >= 0.6 is 0 Å². The lowest BCUT2D eigenvalue weighted by Gasteiger charge is -2.48. The number of hydrogen-bond donors (Lipinski definition) is 0. The lowest BCUT2D eigenvalue weighted by Crippen LogP contribution is -2.67. The number of rotatable bonds is 6. The maximum Gasteiger partial charge on any atom is 0.332 e. The van der Waals surface area contributed by atoms with Crippen molar-refractivity contribution >= 4 is 17.8 Å². The van der Waals surface area contributed by atoms with Gasteiger partial charge in [0, 0.05) is 64.4 Å². The van der Waals surface area contributed by atoms with Crippen molar-refractivity contribution < 1.29 is 23.9 Å². The Labute approximate surface area is 215 Å². The van der Waals surface area contributed by atoms with E-state index in [0.717, 1.165) is 21.9 Å². The van der Waals surface area contributed by atoms with Crippen molar-refractivity contribution in [3.63, 3.8) is 0 Å². The molecule has 2 fully saturated rings. The summed E-state index contributed by atoms with van der Waals surface area (Å²) < 4.78 is 12.8. The van der Waals surface area contributed by atoms with Crippen molar-refractivity contribution in [3.8, 4) is 11.5 Å². The number of nitrogens with zero attached hydrogens (tertiary/aromatic N) is 4. The molecule has 4 amide bonds. The maximum absolute atomic E-state index is 13.8. The molecule has 4 heterocycles. The summed E-state index contributed by atoms with van der Waals surface area (Å²) in [4.78, 5) is 57.0. The van der Waals surface area contributed by atoms with E-state index in [1.165, 1.54) is 21.2 Å².